The molecule has 0 radical (unpaired) electrons. The summed E-state index contributed by atoms with van der Waals surface area (Å²) in [6.45, 7) is 1.91. The average Bonchev–Trinajstić information content (AvgIpc) is 2.51. The zero-order chi connectivity index (χ0) is 15.9. The van der Waals surface area contributed by atoms with Crippen molar-refractivity contribution in [1.82, 2.24) is 9.78 Å². The highest BCUT2D eigenvalue weighted by Gasteiger charge is 2.09. The molecule has 0 saturated heterocycles. The van der Waals surface area contributed by atoms with Gasteiger partial charge in [0, 0.05) is 6.07 Å². The lowest BCUT2D eigenvalue weighted by Crippen LogP contribution is -2.31. The van der Waals surface area contributed by atoms with Gasteiger partial charge < -0.3 is 9.84 Å². The Morgan fingerprint density at radius 3 is 2.73 bits per heavy atom. The molecule has 114 valence electrons. The molecule has 6 heteroatoms. The van der Waals surface area contributed by atoms with E-state index in [0.29, 0.717) is 17.9 Å². The van der Waals surface area contributed by atoms with Crippen LogP contribution in [0.25, 0.3) is 0 Å². The van der Waals surface area contributed by atoms with Gasteiger partial charge in [-0.05, 0) is 30.7 Å². The number of rotatable bonds is 6. The zero-order valence-corrected chi connectivity index (χ0v) is 12.3. The number of aliphatic hydroxyl groups excluding tert-OH is 1. The van der Waals surface area contributed by atoms with Crippen molar-refractivity contribution in [3.8, 4) is 11.8 Å². The number of nitriles is 1. The summed E-state index contributed by atoms with van der Waals surface area (Å²) in [5.41, 5.74) is 1.36. The van der Waals surface area contributed by atoms with Crippen LogP contribution < -0.4 is 10.3 Å². The summed E-state index contributed by atoms with van der Waals surface area (Å²) in [4.78, 5) is 11.6. The Morgan fingerprint density at radius 1 is 1.32 bits per heavy atom. The molecule has 0 saturated carbocycles. The first-order valence-electron chi connectivity index (χ1n) is 6.90. The van der Waals surface area contributed by atoms with Crippen molar-refractivity contribution in [2.75, 3.05) is 6.61 Å². The number of hydrogen-bond acceptors (Lipinski definition) is 5. The summed E-state index contributed by atoms with van der Waals surface area (Å²) in [5.74, 6) is 0.602. The van der Waals surface area contributed by atoms with Gasteiger partial charge in [0.05, 0.1) is 24.7 Å². The van der Waals surface area contributed by atoms with Gasteiger partial charge in [-0.25, -0.2) is 4.68 Å². The maximum Gasteiger partial charge on any atom is 0.266 e. The molecule has 0 bridgehead atoms. The van der Waals surface area contributed by atoms with Crippen LogP contribution in [0.2, 0.25) is 0 Å². The molecule has 1 atom stereocenters. The van der Waals surface area contributed by atoms with Gasteiger partial charge in [0.25, 0.3) is 5.56 Å². The summed E-state index contributed by atoms with van der Waals surface area (Å²) in [5, 5.41) is 22.6. The first-order valence-corrected chi connectivity index (χ1v) is 6.90. The molecule has 1 aromatic heterocycles. The molecule has 0 aliphatic heterocycles. The van der Waals surface area contributed by atoms with Gasteiger partial charge in [-0.15, -0.1) is 0 Å². The number of aromatic nitrogens is 2. The van der Waals surface area contributed by atoms with E-state index >= 15 is 0 Å². The fourth-order valence-electron chi connectivity index (χ4n) is 1.92. The highest BCUT2D eigenvalue weighted by Crippen LogP contribution is 2.12. The smallest absolute Gasteiger partial charge is 0.266 e. The molecule has 1 aromatic carbocycles. The third-order valence-electron chi connectivity index (χ3n) is 3.03. The molecular formula is C16H17N3O3. The first kappa shape index (κ1) is 15.7. The van der Waals surface area contributed by atoms with Crippen LogP contribution in [-0.4, -0.2) is 27.6 Å². The van der Waals surface area contributed by atoms with Gasteiger partial charge in [-0.2, -0.15) is 10.4 Å². The van der Waals surface area contributed by atoms with Crippen molar-refractivity contribution in [3.05, 3.63) is 58.0 Å². The lowest BCUT2D eigenvalue weighted by molar-refractivity contribution is 0.0878. The predicted molar refractivity (Wildman–Crippen MR) is 80.5 cm³/mol. The van der Waals surface area contributed by atoms with E-state index in [1.807, 2.05) is 0 Å². The van der Waals surface area contributed by atoms with Gasteiger partial charge in [0.1, 0.15) is 18.5 Å². The average molecular weight is 299 g/mol. The Morgan fingerprint density at radius 2 is 2.05 bits per heavy atom. The number of aryl methyl sites for hydroxylation is 1. The van der Waals surface area contributed by atoms with Gasteiger partial charge in [0.2, 0.25) is 0 Å². The fourth-order valence-corrected chi connectivity index (χ4v) is 1.92. The van der Waals surface area contributed by atoms with Crippen LogP contribution in [0.1, 0.15) is 11.3 Å². The Kier molecular flexibility index (Phi) is 5.28. The lowest BCUT2D eigenvalue weighted by atomic mass is 10.2. The number of hydrogen-bond donors (Lipinski definition) is 1. The topological polar surface area (TPSA) is 88.1 Å². The van der Waals surface area contributed by atoms with E-state index in [0.717, 1.165) is 5.56 Å². The van der Waals surface area contributed by atoms with Crippen LogP contribution in [0.5, 0.6) is 5.75 Å². The summed E-state index contributed by atoms with van der Waals surface area (Å²) in [7, 11) is 0. The van der Waals surface area contributed by atoms with Crippen LogP contribution >= 0.6 is 0 Å². The molecule has 0 fully saturated rings. The quantitative estimate of drug-likeness (QED) is 0.861. The molecule has 2 aromatic rings. The highest BCUT2D eigenvalue weighted by molar-refractivity contribution is 5.28. The summed E-state index contributed by atoms with van der Waals surface area (Å²) >= 11 is 0. The van der Waals surface area contributed by atoms with Crippen molar-refractivity contribution < 1.29 is 9.84 Å². The molecule has 0 aliphatic rings. The molecule has 2 rings (SSSR count). The van der Waals surface area contributed by atoms with Gasteiger partial charge in [-0.3, -0.25) is 4.79 Å². The fraction of sp³-hybridized carbons (Fsp3) is 0.312. The van der Waals surface area contributed by atoms with Crippen LogP contribution in [0.3, 0.4) is 0 Å². The van der Waals surface area contributed by atoms with E-state index in [-0.39, 0.29) is 18.7 Å². The van der Waals surface area contributed by atoms with Gasteiger partial charge in [-0.1, -0.05) is 12.1 Å². The molecule has 0 aliphatic carbocycles. The number of benzene rings is 1. The molecule has 0 spiro atoms. The van der Waals surface area contributed by atoms with Crippen molar-refractivity contribution >= 4 is 0 Å². The molecule has 1 unspecified atom stereocenters. The largest absolute Gasteiger partial charge is 0.491 e. The Hall–Kier alpha value is -2.65. The van der Waals surface area contributed by atoms with Crippen LogP contribution in [0.4, 0.5) is 0 Å². The highest BCUT2D eigenvalue weighted by atomic mass is 16.5. The third-order valence-corrected chi connectivity index (χ3v) is 3.03. The van der Waals surface area contributed by atoms with Gasteiger partial charge >= 0.3 is 0 Å². The summed E-state index contributed by atoms with van der Waals surface area (Å²) in [6, 6.07) is 12.2. The van der Waals surface area contributed by atoms with E-state index < -0.39 is 6.10 Å². The van der Waals surface area contributed by atoms with Crippen LogP contribution in [0.15, 0.2) is 41.2 Å². The second-order valence-electron chi connectivity index (χ2n) is 4.94. The third kappa shape index (κ3) is 4.43. The van der Waals surface area contributed by atoms with Crippen LogP contribution in [0, 0.1) is 18.3 Å². The SMILES string of the molecule is Cc1ccc(=O)n(CC(O)COc2ccc(CC#N)cc2)n1. The monoisotopic (exact) mass is 299 g/mol. The van der Waals surface area contributed by atoms with E-state index in [9.17, 15) is 9.90 Å². The van der Waals surface area contributed by atoms with Crippen molar-refractivity contribution in [1.29, 1.82) is 5.26 Å². The van der Waals surface area contributed by atoms with E-state index in [4.69, 9.17) is 10.00 Å². The Labute approximate surface area is 128 Å². The second-order valence-corrected chi connectivity index (χ2v) is 4.94. The zero-order valence-electron chi connectivity index (χ0n) is 12.3. The second kappa shape index (κ2) is 7.38. The van der Waals surface area contributed by atoms with Crippen molar-refractivity contribution in [2.24, 2.45) is 0 Å². The number of aliphatic hydroxyl groups is 1. The molecule has 0 amide bonds. The molecule has 6 nitrogen and oxygen atoms in total. The maximum atomic E-state index is 11.6. The van der Waals surface area contributed by atoms with Gasteiger partial charge in [0.15, 0.2) is 0 Å². The van der Waals surface area contributed by atoms with Crippen molar-refractivity contribution in [2.45, 2.75) is 26.0 Å². The standard InChI is InChI=1S/C16H17N3O3/c1-12-2-7-16(21)19(18-12)10-14(20)11-22-15-5-3-13(4-6-15)8-9-17/h2-7,14,20H,8,10-11H2,1H3. The minimum atomic E-state index is -0.842. The normalized spacial score (nSPS) is 11.7. The molecule has 1 N–H and O–H groups in total. The number of ether oxygens (including phenoxy) is 1. The lowest BCUT2D eigenvalue weighted by Gasteiger charge is -2.13. The van der Waals surface area contributed by atoms with E-state index in [1.165, 1.54) is 10.7 Å². The number of nitrogens with zero attached hydrogens (tertiary/aromatic N) is 3. The minimum absolute atomic E-state index is 0.0552. The Bertz CT molecular complexity index is 717. The van der Waals surface area contributed by atoms with Crippen LogP contribution in [-0.2, 0) is 13.0 Å². The minimum Gasteiger partial charge on any atom is -0.491 e. The molecular weight excluding hydrogens is 282 g/mol. The van der Waals surface area contributed by atoms with E-state index in [1.54, 1.807) is 37.3 Å². The summed E-state index contributed by atoms with van der Waals surface area (Å²) in [6.07, 6.45) is -0.490. The Balaban J connectivity index is 1.90. The van der Waals surface area contributed by atoms with Crippen molar-refractivity contribution in [3.63, 3.8) is 0 Å². The maximum absolute atomic E-state index is 11.6. The van der Waals surface area contributed by atoms with E-state index in [2.05, 4.69) is 11.2 Å². The predicted octanol–water partition coefficient (Wildman–Crippen LogP) is 1.06. The summed E-state index contributed by atoms with van der Waals surface area (Å²) < 4.78 is 6.69. The first-order chi connectivity index (χ1) is 10.6. The molecule has 22 heavy (non-hydrogen) atoms. The molecule has 1 heterocycles.